The molecule has 0 amide bonds. The Balaban J connectivity index is 0.00000109. The number of alkyl halides is 1. The molecule has 0 atom stereocenters. The lowest BCUT2D eigenvalue weighted by Gasteiger charge is -2.11. The summed E-state index contributed by atoms with van der Waals surface area (Å²) in [6.07, 6.45) is 2.00. The lowest BCUT2D eigenvalue weighted by atomic mass is 10.2. The van der Waals surface area contributed by atoms with Crippen molar-refractivity contribution >= 4 is 28.2 Å². The molecule has 0 saturated carbocycles. The topological polar surface area (TPSA) is 29.8 Å². The third kappa shape index (κ3) is 4.92. The number of fused-ring (bicyclic) bond motifs is 1. The second-order valence-corrected chi connectivity index (χ2v) is 5.86. The van der Waals surface area contributed by atoms with Gasteiger partial charge in [0.05, 0.1) is 11.4 Å². The molecule has 0 saturated heterocycles. The van der Waals surface area contributed by atoms with Crippen molar-refractivity contribution in [1.82, 2.24) is 14.3 Å². The van der Waals surface area contributed by atoms with E-state index in [1.165, 1.54) is 12.1 Å². The molecule has 0 radical (unpaired) electrons. The summed E-state index contributed by atoms with van der Waals surface area (Å²) in [5.74, 6) is 0.484. The molecule has 0 aliphatic heterocycles. The highest BCUT2D eigenvalue weighted by atomic mass is 127. The fourth-order valence-corrected chi connectivity index (χ4v) is 2.55. The van der Waals surface area contributed by atoms with E-state index in [1.807, 2.05) is 44.3 Å². The second-order valence-electron chi connectivity index (χ2n) is 5.86. The molecule has 0 bridgehead atoms. The summed E-state index contributed by atoms with van der Waals surface area (Å²) in [7, 11) is 4.07. The molecule has 1 aromatic carbocycles. The Morgan fingerprint density at radius 3 is 2.48 bits per heavy atom. The second kappa shape index (κ2) is 9.15. The molecule has 4 nitrogen and oxygen atoms in total. The number of nitrogens with zero attached hydrogens (tertiary/aromatic N) is 3. The van der Waals surface area contributed by atoms with Crippen molar-refractivity contribution in [2.45, 2.75) is 20.1 Å². The third-order valence-electron chi connectivity index (χ3n) is 3.69. The molecule has 134 valence electrons. The van der Waals surface area contributed by atoms with Gasteiger partial charge in [0.25, 0.3) is 0 Å². The minimum atomic E-state index is -0.243. The van der Waals surface area contributed by atoms with Crippen molar-refractivity contribution in [3.63, 3.8) is 0 Å². The Kier molecular flexibility index (Phi) is 7.19. The van der Waals surface area contributed by atoms with Crippen LogP contribution in [0, 0.1) is 12.7 Å². The van der Waals surface area contributed by atoms with E-state index >= 15 is 0 Å². The van der Waals surface area contributed by atoms with Gasteiger partial charge in [-0.3, -0.25) is 4.40 Å². The van der Waals surface area contributed by atoms with Crippen LogP contribution in [0.25, 0.3) is 5.65 Å². The summed E-state index contributed by atoms with van der Waals surface area (Å²) in [5.41, 5.74) is 3.88. The van der Waals surface area contributed by atoms with Gasteiger partial charge in [-0.1, -0.05) is 34.7 Å². The number of imidazole rings is 1. The van der Waals surface area contributed by atoms with E-state index < -0.39 is 0 Å². The van der Waals surface area contributed by atoms with Crippen LogP contribution in [-0.4, -0.2) is 33.3 Å². The monoisotopic (exact) mass is 455 g/mol. The normalized spacial score (nSPS) is 10.7. The van der Waals surface area contributed by atoms with Crippen LogP contribution in [0.3, 0.4) is 0 Å². The first kappa shape index (κ1) is 19.7. The molecule has 6 heteroatoms. The highest BCUT2D eigenvalue weighted by molar-refractivity contribution is 14.1. The minimum absolute atomic E-state index is 0.243. The van der Waals surface area contributed by atoms with Gasteiger partial charge in [-0.05, 0) is 55.8 Å². The van der Waals surface area contributed by atoms with Crippen molar-refractivity contribution in [3.05, 3.63) is 65.4 Å². The standard InChI is InChI=1S/C18H20FN3O.CH3I/c1-13-16(11-21(2)3)22-10-4-5-17(18(22)20-13)23-12-14-6-8-15(19)9-7-14;1-2/h4-10H,11-12H2,1-3H3;1H3. The van der Waals surface area contributed by atoms with E-state index in [1.54, 1.807) is 12.1 Å². The molecule has 0 spiro atoms. The Hall–Kier alpha value is -1.67. The van der Waals surface area contributed by atoms with E-state index in [0.717, 1.165) is 34.9 Å². The van der Waals surface area contributed by atoms with Crippen LogP contribution < -0.4 is 4.74 Å². The summed E-state index contributed by atoms with van der Waals surface area (Å²) < 4.78 is 20.9. The van der Waals surface area contributed by atoms with Crippen molar-refractivity contribution in [2.24, 2.45) is 0 Å². The summed E-state index contributed by atoms with van der Waals surface area (Å²) >= 11 is 2.15. The average molecular weight is 455 g/mol. The molecule has 3 aromatic rings. The van der Waals surface area contributed by atoms with Gasteiger partial charge >= 0.3 is 0 Å². The lowest BCUT2D eigenvalue weighted by molar-refractivity contribution is 0.308. The quantitative estimate of drug-likeness (QED) is 0.420. The van der Waals surface area contributed by atoms with Gasteiger partial charge < -0.3 is 9.64 Å². The first-order chi connectivity index (χ1) is 12.0. The van der Waals surface area contributed by atoms with Gasteiger partial charge in [0.15, 0.2) is 11.4 Å². The van der Waals surface area contributed by atoms with Crippen LogP contribution in [0.4, 0.5) is 4.39 Å². The number of benzene rings is 1. The predicted molar refractivity (Wildman–Crippen MR) is 108 cm³/mol. The zero-order valence-electron chi connectivity index (χ0n) is 15.0. The molecule has 0 fully saturated rings. The summed E-state index contributed by atoms with van der Waals surface area (Å²) in [6, 6.07) is 10.2. The number of hydrogen-bond donors (Lipinski definition) is 0. The number of aromatic nitrogens is 2. The first-order valence-corrected chi connectivity index (χ1v) is 10.1. The van der Waals surface area contributed by atoms with Gasteiger partial charge in [-0.15, -0.1) is 0 Å². The predicted octanol–water partition coefficient (Wildman–Crippen LogP) is 4.47. The van der Waals surface area contributed by atoms with Gasteiger partial charge in [-0.25, -0.2) is 9.37 Å². The maximum Gasteiger partial charge on any atom is 0.180 e. The SMILES string of the molecule is CI.Cc1nc2c(OCc3ccc(F)cc3)cccn2c1CN(C)C. The highest BCUT2D eigenvalue weighted by Gasteiger charge is 2.13. The number of ether oxygens (including phenoxy) is 1. The van der Waals surface area contributed by atoms with Crippen molar-refractivity contribution in [1.29, 1.82) is 0 Å². The molecule has 3 rings (SSSR count). The van der Waals surface area contributed by atoms with E-state index in [4.69, 9.17) is 4.74 Å². The summed E-state index contributed by atoms with van der Waals surface area (Å²) in [6.45, 7) is 3.21. The zero-order valence-corrected chi connectivity index (χ0v) is 17.1. The third-order valence-corrected chi connectivity index (χ3v) is 3.69. The highest BCUT2D eigenvalue weighted by Crippen LogP contribution is 2.23. The molecule has 0 aliphatic carbocycles. The van der Waals surface area contributed by atoms with Crippen LogP contribution in [0.5, 0.6) is 5.75 Å². The summed E-state index contributed by atoms with van der Waals surface area (Å²) in [5, 5.41) is 0. The molecule has 2 aromatic heterocycles. The Morgan fingerprint density at radius 1 is 1.16 bits per heavy atom. The van der Waals surface area contributed by atoms with E-state index in [-0.39, 0.29) is 5.82 Å². The number of rotatable bonds is 5. The fraction of sp³-hybridized carbons (Fsp3) is 0.316. The van der Waals surface area contributed by atoms with Crippen LogP contribution in [0.1, 0.15) is 17.0 Å². The number of hydrogen-bond acceptors (Lipinski definition) is 3. The van der Waals surface area contributed by atoms with Gasteiger partial charge in [0.2, 0.25) is 0 Å². The fourth-order valence-electron chi connectivity index (χ4n) is 2.55. The van der Waals surface area contributed by atoms with Crippen LogP contribution in [0.2, 0.25) is 0 Å². The molecule has 0 aliphatic rings. The minimum Gasteiger partial charge on any atom is -0.485 e. The smallest absolute Gasteiger partial charge is 0.180 e. The van der Waals surface area contributed by atoms with Crippen LogP contribution in [0.15, 0.2) is 42.6 Å². The Labute approximate surface area is 161 Å². The van der Waals surface area contributed by atoms with Crippen molar-refractivity contribution in [3.8, 4) is 5.75 Å². The number of pyridine rings is 1. The number of aryl methyl sites for hydroxylation is 1. The van der Waals surface area contributed by atoms with Crippen LogP contribution in [-0.2, 0) is 13.2 Å². The molecule has 25 heavy (non-hydrogen) atoms. The molecule has 0 unspecified atom stereocenters. The van der Waals surface area contributed by atoms with Crippen molar-refractivity contribution < 1.29 is 9.13 Å². The van der Waals surface area contributed by atoms with E-state index in [0.29, 0.717) is 6.61 Å². The molecule has 2 heterocycles. The van der Waals surface area contributed by atoms with Gasteiger partial charge in [-0.2, -0.15) is 0 Å². The van der Waals surface area contributed by atoms with Gasteiger partial charge in [0, 0.05) is 12.7 Å². The van der Waals surface area contributed by atoms with Gasteiger partial charge in [0.1, 0.15) is 12.4 Å². The van der Waals surface area contributed by atoms with Crippen molar-refractivity contribution in [2.75, 3.05) is 19.0 Å². The molecule has 0 N–H and O–H groups in total. The Bertz CT molecular complexity index is 815. The first-order valence-electron chi connectivity index (χ1n) is 7.91. The maximum absolute atomic E-state index is 13.0. The molecular formula is C19H23FIN3O. The summed E-state index contributed by atoms with van der Waals surface area (Å²) in [4.78, 5) is 8.73. The Morgan fingerprint density at radius 2 is 1.84 bits per heavy atom. The number of halogens is 2. The van der Waals surface area contributed by atoms with E-state index in [9.17, 15) is 4.39 Å². The van der Waals surface area contributed by atoms with Crippen LogP contribution >= 0.6 is 22.6 Å². The van der Waals surface area contributed by atoms with E-state index in [2.05, 4.69) is 36.9 Å². The maximum atomic E-state index is 13.0. The lowest BCUT2D eigenvalue weighted by Crippen LogP contribution is -2.13. The average Bonchev–Trinajstić information content (AvgIpc) is 2.92. The molecular weight excluding hydrogens is 432 g/mol. The zero-order chi connectivity index (χ0) is 18.4. The largest absolute Gasteiger partial charge is 0.485 e.